The van der Waals surface area contributed by atoms with Crippen LogP contribution in [0, 0.1) is 13.8 Å². The lowest BCUT2D eigenvalue weighted by molar-refractivity contribution is -0.121. The number of ether oxygens (including phenoxy) is 2. The summed E-state index contributed by atoms with van der Waals surface area (Å²) in [7, 11) is 1.52. The topological polar surface area (TPSA) is 88.7 Å². The van der Waals surface area contributed by atoms with E-state index in [0.29, 0.717) is 29.3 Å². The van der Waals surface area contributed by atoms with Gasteiger partial charge in [0.25, 0.3) is 5.91 Å². The van der Waals surface area contributed by atoms with Crippen molar-refractivity contribution in [2.75, 3.05) is 24.4 Å². The molecule has 0 saturated heterocycles. The Morgan fingerprint density at radius 2 is 1.77 bits per heavy atom. The average Bonchev–Trinajstić information content (AvgIpc) is 2.72. The second-order valence-electron chi connectivity index (χ2n) is 7.13. The van der Waals surface area contributed by atoms with E-state index >= 15 is 0 Å². The fraction of sp³-hybridized carbons (Fsp3) is 0.348. The number of anilines is 2. The Bertz CT molecular complexity index is 946. The van der Waals surface area contributed by atoms with Crippen LogP contribution < -0.4 is 25.4 Å². The van der Waals surface area contributed by atoms with Gasteiger partial charge >= 0.3 is 0 Å². The van der Waals surface area contributed by atoms with Gasteiger partial charge in [0.05, 0.1) is 12.8 Å². The molecule has 0 aliphatic heterocycles. The number of carbonyl (C=O) groups excluding carboxylic acids is 2. The van der Waals surface area contributed by atoms with Gasteiger partial charge in [-0.2, -0.15) is 0 Å². The molecule has 3 N–H and O–H groups in total. The Labute approximate surface area is 188 Å². The summed E-state index contributed by atoms with van der Waals surface area (Å²) in [6.07, 6.45) is 2.24. The van der Waals surface area contributed by atoms with Crippen molar-refractivity contribution in [3.8, 4) is 11.5 Å². The van der Waals surface area contributed by atoms with Crippen molar-refractivity contribution >= 4 is 40.5 Å². The van der Waals surface area contributed by atoms with Crippen molar-refractivity contribution in [3.05, 3.63) is 47.5 Å². The molecule has 0 heterocycles. The van der Waals surface area contributed by atoms with Crippen LogP contribution in [0.3, 0.4) is 0 Å². The first-order valence-corrected chi connectivity index (χ1v) is 10.5. The monoisotopic (exact) mass is 443 g/mol. The standard InChI is InChI=1S/C23H29N3O4S/c1-5-6-7-21(27)25-18-10-9-17(13-20(18)29-4)24-23(31)26-22(28)14-30-19-11-8-15(2)12-16(19)3/h8-13H,5-7,14H2,1-4H3,(H,25,27)(H2,24,26,28,31). The molecule has 0 unspecified atom stereocenters. The van der Waals surface area contributed by atoms with Gasteiger partial charge in [-0.1, -0.05) is 31.0 Å². The molecular weight excluding hydrogens is 414 g/mol. The number of thiocarbonyl (C=S) groups is 1. The zero-order valence-corrected chi connectivity index (χ0v) is 19.2. The van der Waals surface area contributed by atoms with Crippen molar-refractivity contribution in [1.29, 1.82) is 0 Å². The Morgan fingerprint density at radius 1 is 1.00 bits per heavy atom. The van der Waals surface area contributed by atoms with Crippen LogP contribution >= 0.6 is 12.2 Å². The molecule has 0 bridgehead atoms. The molecule has 0 atom stereocenters. The molecule has 8 heteroatoms. The third kappa shape index (κ3) is 7.90. The lowest BCUT2D eigenvalue weighted by Gasteiger charge is -2.14. The van der Waals surface area contributed by atoms with Gasteiger partial charge in [0.2, 0.25) is 5.91 Å². The van der Waals surface area contributed by atoms with Gasteiger partial charge in [0, 0.05) is 18.2 Å². The largest absolute Gasteiger partial charge is 0.494 e. The van der Waals surface area contributed by atoms with E-state index in [1.165, 1.54) is 7.11 Å². The number of rotatable bonds is 9. The van der Waals surface area contributed by atoms with Gasteiger partial charge < -0.3 is 20.1 Å². The van der Waals surface area contributed by atoms with Crippen molar-refractivity contribution in [2.45, 2.75) is 40.0 Å². The molecule has 0 spiro atoms. The third-order valence-corrected chi connectivity index (χ3v) is 4.64. The molecule has 0 saturated carbocycles. The van der Waals surface area contributed by atoms with Gasteiger partial charge in [0.15, 0.2) is 11.7 Å². The van der Waals surface area contributed by atoms with E-state index in [1.807, 2.05) is 39.0 Å². The minimum Gasteiger partial charge on any atom is -0.494 e. The summed E-state index contributed by atoms with van der Waals surface area (Å²) in [5.74, 6) is 0.708. The fourth-order valence-electron chi connectivity index (χ4n) is 2.85. The molecule has 31 heavy (non-hydrogen) atoms. The fourth-order valence-corrected chi connectivity index (χ4v) is 3.08. The van der Waals surface area contributed by atoms with Crippen LogP contribution in [-0.2, 0) is 9.59 Å². The summed E-state index contributed by atoms with van der Waals surface area (Å²) in [6, 6.07) is 10.9. The maximum Gasteiger partial charge on any atom is 0.264 e. The molecule has 0 aromatic heterocycles. The predicted molar refractivity (Wildman–Crippen MR) is 127 cm³/mol. The molecule has 166 valence electrons. The molecule has 2 rings (SSSR count). The second kappa shape index (κ2) is 11.9. The Morgan fingerprint density at radius 3 is 2.45 bits per heavy atom. The molecule has 0 fully saturated rings. The van der Waals surface area contributed by atoms with Crippen LogP contribution in [0.5, 0.6) is 11.5 Å². The summed E-state index contributed by atoms with van der Waals surface area (Å²) < 4.78 is 10.9. The zero-order chi connectivity index (χ0) is 22.8. The van der Waals surface area contributed by atoms with Gasteiger partial charge in [0.1, 0.15) is 11.5 Å². The minimum absolute atomic E-state index is 0.0625. The first kappa shape index (κ1) is 24.1. The molecule has 2 aromatic rings. The number of nitrogens with one attached hydrogen (secondary N) is 3. The maximum atomic E-state index is 12.1. The lowest BCUT2D eigenvalue weighted by atomic mass is 10.1. The second-order valence-corrected chi connectivity index (χ2v) is 7.53. The smallest absolute Gasteiger partial charge is 0.264 e. The highest BCUT2D eigenvalue weighted by molar-refractivity contribution is 7.80. The maximum absolute atomic E-state index is 12.1. The Hall–Kier alpha value is -3.13. The van der Waals surface area contributed by atoms with E-state index in [0.717, 1.165) is 24.0 Å². The lowest BCUT2D eigenvalue weighted by Crippen LogP contribution is -2.37. The quantitative estimate of drug-likeness (QED) is 0.500. The van der Waals surface area contributed by atoms with Crippen LogP contribution in [-0.4, -0.2) is 30.6 Å². The number of benzene rings is 2. The zero-order valence-electron chi connectivity index (χ0n) is 18.3. The molecule has 2 amide bonds. The Balaban J connectivity index is 1.89. The normalized spacial score (nSPS) is 10.2. The van der Waals surface area contributed by atoms with Crippen molar-refractivity contribution in [2.24, 2.45) is 0 Å². The summed E-state index contributed by atoms with van der Waals surface area (Å²) >= 11 is 5.21. The number of hydrogen-bond acceptors (Lipinski definition) is 5. The number of methoxy groups -OCH3 is 1. The number of unbranched alkanes of at least 4 members (excludes halogenated alkanes) is 1. The van der Waals surface area contributed by atoms with Gasteiger partial charge in [-0.05, 0) is 56.2 Å². The summed E-state index contributed by atoms with van der Waals surface area (Å²) in [6.45, 7) is 5.80. The summed E-state index contributed by atoms with van der Waals surface area (Å²) in [4.78, 5) is 24.1. The molecular formula is C23H29N3O4S. The van der Waals surface area contributed by atoms with E-state index in [2.05, 4.69) is 16.0 Å². The molecule has 0 radical (unpaired) electrons. The molecule has 7 nitrogen and oxygen atoms in total. The van der Waals surface area contributed by atoms with Crippen LogP contribution in [0.25, 0.3) is 0 Å². The molecule has 0 aliphatic carbocycles. The number of carbonyl (C=O) groups is 2. The van der Waals surface area contributed by atoms with Crippen LogP contribution in [0.4, 0.5) is 11.4 Å². The van der Waals surface area contributed by atoms with Crippen molar-refractivity contribution in [1.82, 2.24) is 5.32 Å². The minimum atomic E-state index is -0.371. The first-order valence-electron chi connectivity index (χ1n) is 10.1. The first-order chi connectivity index (χ1) is 14.8. The van der Waals surface area contributed by atoms with Crippen molar-refractivity contribution in [3.63, 3.8) is 0 Å². The Kier molecular flexibility index (Phi) is 9.27. The predicted octanol–water partition coefficient (Wildman–Crippen LogP) is 4.33. The molecule has 0 aliphatic rings. The number of amides is 2. The van der Waals surface area contributed by atoms with Gasteiger partial charge in [-0.15, -0.1) is 0 Å². The van der Waals surface area contributed by atoms with E-state index in [9.17, 15) is 9.59 Å². The highest BCUT2D eigenvalue weighted by atomic mass is 32.1. The SMILES string of the molecule is CCCCC(=O)Nc1ccc(NC(=S)NC(=O)COc2ccc(C)cc2C)cc1OC. The van der Waals surface area contributed by atoms with Crippen LogP contribution in [0.2, 0.25) is 0 Å². The van der Waals surface area contributed by atoms with Gasteiger partial charge in [-0.25, -0.2) is 0 Å². The highest BCUT2D eigenvalue weighted by Gasteiger charge is 2.11. The molecule has 2 aromatic carbocycles. The van der Waals surface area contributed by atoms with E-state index < -0.39 is 0 Å². The highest BCUT2D eigenvalue weighted by Crippen LogP contribution is 2.28. The number of hydrogen-bond donors (Lipinski definition) is 3. The van der Waals surface area contributed by atoms with E-state index in [1.54, 1.807) is 18.2 Å². The number of aryl methyl sites for hydroxylation is 2. The van der Waals surface area contributed by atoms with E-state index in [4.69, 9.17) is 21.7 Å². The summed E-state index contributed by atoms with van der Waals surface area (Å²) in [5, 5.41) is 8.49. The average molecular weight is 444 g/mol. The van der Waals surface area contributed by atoms with Crippen molar-refractivity contribution < 1.29 is 19.1 Å². The van der Waals surface area contributed by atoms with Crippen LogP contribution in [0.1, 0.15) is 37.3 Å². The van der Waals surface area contributed by atoms with Crippen LogP contribution in [0.15, 0.2) is 36.4 Å². The third-order valence-electron chi connectivity index (χ3n) is 4.43. The van der Waals surface area contributed by atoms with Gasteiger partial charge in [-0.3, -0.25) is 14.9 Å². The van der Waals surface area contributed by atoms with E-state index in [-0.39, 0.29) is 23.5 Å². The summed E-state index contributed by atoms with van der Waals surface area (Å²) in [5.41, 5.74) is 3.28.